The molecule has 0 aromatic heterocycles. The highest BCUT2D eigenvalue weighted by Crippen LogP contribution is 2.24. The molecule has 2 aromatic rings. The molecular formula is C25H29NO4. The molecule has 0 aliphatic carbocycles. The van der Waals surface area contributed by atoms with Gasteiger partial charge in [-0.2, -0.15) is 0 Å². The Morgan fingerprint density at radius 3 is 2.40 bits per heavy atom. The highest BCUT2D eigenvalue weighted by molar-refractivity contribution is 6.21. The molecule has 3 rings (SSSR count). The third-order valence-corrected chi connectivity index (χ3v) is 5.52. The van der Waals surface area contributed by atoms with Crippen LogP contribution in [0.25, 0.3) is 11.6 Å². The first-order valence-corrected chi connectivity index (χ1v) is 10.4. The molecule has 0 spiro atoms. The lowest BCUT2D eigenvalue weighted by Gasteiger charge is -2.38. The van der Waals surface area contributed by atoms with E-state index in [0.29, 0.717) is 11.3 Å². The zero-order chi connectivity index (χ0) is 21.5. The van der Waals surface area contributed by atoms with E-state index < -0.39 is 5.97 Å². The van der Waals surface area contributed by atoms with Gasteiger partial charge < -0.3 is 14.4 Å². The van der Waals surface area contributed by atoms with E-state index in [1.54, 1.807) is 13.2 Å². The summed E-state index contributed by atoms with van der Waals surface area (Å²) in [5.74, 6) is 0.0410. The lowest BCUT2D eigenvalue weighted by Crippen LogP contribution is -2.49. The molecule has 1 aliphatic rings. The molecule has 158 valence electrons. The number of benzene rings is 2. The molecule has 1 heterocycles. The Hall–Kier alpha value is -3.08. The molecule has 0 saturated carbocycles. The van der Waals surface area contributed by atoms with Crippen LogP contribution < -0.4 is 4.74 Å². The number of methoxy groups -OCH3 is 1. The minimum Gasteiger partial charge on any atom is -0.497 e. The highest BCUT2D eigenvalue weighted by atomic mass is 16.5. The molecule has 5 nitrogen and oxygen atoms in total. The van der Waals surface area contributed by atoms with Crippen LogP contribution >= 0.6 is 0 Å². The Morgan fingerprint density at radius 1 is 1.03 bits per heavy atom. The number of carbonyl (C=O) groups is 2. The van der Waals surface area contributed by atoms with E-state index >= 15 is 0 Å². The molecule has 0 radical (unpaired) electrons. The van der Waals surface area contributed by atoms with Crippen molar-refractivity contribution >= 4 is 23.5 Å². The van der Waals surface area contributed by atoms with Crippen LogP contribution in [0.4, 0.5) is 0 Å². The molecule has 0 N–H and O–H groups in total. The van der Waals surface area contributed by atoms with Crippen molar-refractivity contribution in [3.8, 4) is 5.75 Å². The van der Waals surface area contributed by atoms with E-state index in [1.165, 1.54) is 0 Å². The van der Waals surface area contributed by atoms with Crippen molar-refractivity contribution in [3.05, 3.63) is 65.7 Å². The summed E-state index contributed by atoms with van der Waals surface area (Å²) in [4.78, 5) is 27.5. The second-order valence-corrected chi connectivity index (χ2v) is 7.71. The van der Waals surface area contributed by atoms with E-state index in [1.807, 2.05) is 73.3 Å². The average molecular weight is 408 g/mol. The van der Waals surface area contributed by atoms with Crippen LogP contribution in [-0.2, 0) is 14.3 Å². The van der Waals surface area contributed by atoms with Gasteiger partial charge in [-0.25, -0.2) is 4.79 Å². The number of rotatable bonds is 6. The number of amides is 1. The average Bonchev–Trinajstić information content (AvgIpc) is 2.76. The van der Waals surface area contributed by atoms with Gasteiger partial charge in [-0.1, -0.05) is 42.5 Å². The standard InChI is InChI=1S/C25H29NO4/c1-18-9-7-10-19(2)26(18)24(27)17-30-25(28)23(21-12-5-4-6-13-21)16-20-11-8-14-22(15-20)29-3/h4-6,8,11-16,18-19H,7,9-10,17H2,1-3H3/b23-16+/t18-,19-/m1/s1. The third-order valence-electron chi connectivity index (χ3n) is 5.52. The number of esters is 1. The first kappa shape index (κ1) is 21.6. The van der Waals surface area contributed by atoms with Crippen LogP contribution in [0, 0.1) is 0 Å². The molecule has 1 fully saturated rings. The van der Waals surface area contributed by atoms with Crippen molar-refractivity contribution in [1.29, 1.82) is 0 Å². The Labute approximate surface area is 178 Å². The summed E-state index contributed by atoms with van der Waals surface area (Å²) in [6.45, 7) is 3.84. The number of likely N-dealkylation sites (tertiary alicyclic amines) is 1. The van der Waals surface area contributed by atoms with Gasteiger partial charge in [0.2, 0.25) is 0 Å². The van der Waals surface area contributed by atoms with Crippen LogP contribution in [0.2, 0.25) is 0 Å². The van der Waals surface area contributed by atoms with Gasteiger partial charge in [0.25, 0.3) is 5.91 Å². The maximum atomic E-state index is 13.0. The summed E-state index contributed by atoms with van der Waals surface area (Å²) >= 11 is 0. The molecule has 30 heavy (non-hydrogen) atoms. The van der Waals surface area contributed by atoms with Crippen molar-refractivity contribution in [2.75, 3.05) is 13.7 Å². The Kier molecular flexibility index (Phi) is 7.28. The normalized spacial score (nSPS) is 19.3. The molecule has 2 atom stereocenters. The molecule has 1 saturated heterocycles. The van der Waals surface area contributed by atoms with Gasteiger partial charge in [-0.15, -0.1) is 0 Å². The first-order chi connectivity index (χ1) is 14.5. The van der Waals surface area contributed by atoms with Crippen LogP contribution in [-0.4, -0.2) is 42.6 Å². The lowest BCUT2D eigenvalue weighted by atomic mass is 9.97. The molecule has 0 unspecified atom stereocenters. The number of piperidine rings is 1. The van der Waals surface area contributed by atoms with Crippen molar-refractivity contribution in [2.24, 2.45) is 0 Å². The fourth-order valence-electron chi connectivity index (χ4n) is 3.97. The Morgan fingerprint density at radius 2 is 1.73 bits per heavy atom. The second kappa shape index (κ2) is 10.1. The summed E-state index contributed by atoms with van der Waals surface area (Å²) < 4.78 is 10.7. The summed E-state index contributed by atoms with van der Waals surface area (Å²) in [5.41, 5.74) is 1.95. The van der Waals surface area contributed by atoms with Crippen LogP contribution in [0.5, 0.6) is 5.75 Å². The predicted octanol–water partition coefficient (Wildman–Crippen LogP) is 4.57. The van der Waals surface area contributed by atoms with Crippen molar-refractivity contribution in [3.63, 3.8) is 0 Å². The summed E-state index contributed by atoms with van der Waals surface area (Å²) in [5, 5.41) is 0. The van der Waals surface area contributed by atoms with E-state index in [4.69, 9.17) is 9.47 Å². The SMILES string of the molecule is COc1cccc(/C=C(/C(=O)OCC(=O)N2[C@H](C)CCC[C@H]2C)c2ccccc2)c1. The fraction of sp³-hybridized carbons (Fsp3) is 0.360. The van der Waals surface area contributed by atoms with Crippen molar-refractivity contribution < 1.29 is 19.1 Å². The van der Waals surface area contributed by atoms with E-state index in [9.17, 15) is 9.59 Å². The second-order valence-electron chi connectivity index (χ2n) is 7.71. The van der Waals surface area contributed by atoms with Crippen LogP contribution in [0.3, 0.4) is 0 Å². The molecule has 5 heteroatoms. The van der Waals surface area contributed by atoms with Gasteiger partial charge in [-0.05, 0) is 62.4 Å². The minimum absolute atomic E-state index is 0.142. The minimum atomic E-state index is -0.519. The maximum absolute atomic E-state index is 13.0. The molecule has 1 amide bonds. The van der Waals surface area contributed by atoms with Gasteiger partial charge in [0, 0.05) is 12.1 Å². The van der Waals surface area contributed by atoms with Crippen molar-refractivity contribution in [1.82, 2.24) is 4.90 Å². The smallest absolute Gasteiger partial charge is 0.339 e. The van der Waals surface area contributed by atoms with E-state index in [0.717, 1.165) is 30.4 Å². The topological polar surface area (TPSA) is 55.8 Å². The quantitative estimate of drug-likeness (QED) is 0.400. The van der Waals surface area contributed by atoms with Gasteiger partial charge in [-0.3, -0.25) is 4.79 Å². The molecule has 2 aromatic carbocycles. The molecular weight excluding hydrogens is 378 g/mol. The largest absolute Gasteiger partial charge is 0.497 e. The Bertz CT molecular complexity index is 896. The predicted molar refractivity (Wildman–Crippen MR) is 118 cm³/mol. The van der Waals surface area contributed by atoms with Crippen LogP contribution in [0.1, 0.15) is 44.2 Å². The van der Waals surface area contributed by atoms with Gasteiger partial charge in [0.15, 0.2) is 6.61 Å². The van der Waals surface area contributed by atoms with Crippen LogP contribution in [0.15, 0.2) is 54.6 Å². The third kappa shape index (κ3) is 5.29. The van der Waals surface area contributed by atoms with Gasteiger partial charge in [0.05, 0.1) is 12.7 Å². The monoisotopic (exact) mass is 407 g/mol. The van der Waals surface area contributed by atoms with Gasteiger partial charge >= 0.3 is 5.97 Å². The highest BCUT2D eigenvalue weighted by Gasteiger charge is 2.29. The van der Waals surface area contributed by atoms with E-state index in [2.05, 4.69) is 0 Å². The molecule has 1 aliphatic heterocycles. The zero-order valence-corrected chi connectivity index (χ0v) is 17.8. The van der Waals surface area contributed by atoms with Crippen molar-refractivity contribution in [2.45, 2.75) is 45.2 Å². The summed E-state index contributed by atoms with van der Waals surface area (Å²) in [6.07, 6.45) is 4.84. The first-order valence-electron chi connectivity index (χ1n) is 10.4. The number of carbonyl (C=O) groups excluding carboxylic acids is 2. The number of hydrogen-bond donors (Lipinski definition) is 0. The zero-order valence-electron chi connectivity index (χ0n) is 17.8. The summed E-state index contributed by atoms with van der Waals surface area (Å²) in [6, 6.07) is 17.1. The lowest BCUT2D eigenvalue weighted by molar-refractivity contribution is -0.151. The number of ether oxygens (including phenoxy) is 2. The number of hydrogen-bond acceptors (Lipinski definition) is 4. The fourth-order valence-corrected chi connectivity index (χ4v) is 3.97. The number of nitrogens with zero attached hydrogens (tertiary/aromatic N) is 1. The Balaban J connectivity index is 1.79. The summed E-state index contributed by atoms with van der Waals surface area (Å²) in [7, 11) is 1.60. The van der Waals surface area contributed by atoms with Gasteiger partial charge in [0.1, 0.15) is 5.75 Å². The van der Waals surface area contributed by atoms with E-state index in [-0.39, 0.29) is 24.6 Å². The maximum Gasteiger partial charge on any atom is 0.339 e. The molecule has 0 bridgehead atoms.